The highest BCUT2D eigenvalue weighted by molar-refractivity contribution is 6.00. The minimum absolute atomic E-state index is 0.0435. The summed E-state index contributed by atoms with van der Waals surface area (Å²) in [6.45, 7) is 0.651. The molecule has 1 aromatic heterocycles. The van der Waals surface area contributed by atoms with Gasteiger partial charge in [-0.05, 0) is 24.3 Å². The number of hydrogen-bond acceptors (Lipinski definition) is 5. The van der Waals surface area contributed by atoms with Crippen LogP contribution >= 0.6 is 0 Å². The number of para-hydroxylation sites is 3. The Morgan fingerprint density at radius 1 is 1.10 bits per heavy atom. The zero-order valence-corrected chi connectivity index (χ0v) is 15.8. The van der Waals surface area contributed by atoms with E-state index in [0.29, 0.717) is 35.5 Å². The van der Waals surface area contributed by atoms with Crippen LogP contribution < -0.4 is 20.6 Å². The third kappa shape index (κ3) is 3.64. The van der Waals surface area contributed by atoms with E-state index in [-0.39, 0.29) is 18.3 Å². The average Bonchev–Trinajstić information content (AvgIpc) is 3.08. The maximum Gasteiger partial charge on any atom is 0.360 e. The van der Waals surface area contributed by atoms with Gasteiger partial charge in [0, 0.05) is 18.5 Å². The van der Waals surface area contributed by atoms with Gasteiger partial charge in [-0.2, -0.15) is 0 Å². The van der Waals surface area contributed by atoms with Crippen LogP contribution in [-0.2, 0) is 4.79 Å². The second-order valence-corrected chi connectivity index (χ2v) is 6.56. The van der Waals surface area contributed by atoms with Crippen LogP contribution in [0.3, 0.4) is 0 Å². The van der Waals surface area contributed by atoms with E-state index in [1.165, 1.54) is 4.90 Å². The Labute approximate surface area is 166 Å². The van der Waals surface area contributed by atoms with Crippen molar-refractivity contribution in [1.82, 2.24) is 4.90 Å². The maximum absolute atomic E-state index is 12.7. The first kappa shape index (κ1) is 18.5. The van der Waals surface area contributed by atoms with Crippen molar-refractivity contribution in [2.45, 2.75) is 0 Å². The molecular weight excluding hydrogens is 374 g/mol. The number of amides is 3. The van der Waals surface area contributed by atoms with Gasteiger partial charge in [-0.3, -0.25) is 9.69 Å². The summed E-state index contributed by atoms with van der Waals surface area (Å²) in [6.07, 6.45) is 0. The Morgan fingerprint density at radius 3 is 2.69 bits per heavy atom. The summed E-state index contributed by atoms with van der Waals surface area (Å²) >= 11 is 0. The molecule has 0 unspecified atom stereocenters. The molecule has 4 rings (SSSR count). The summed E-state index contributed by atoms with van der Waals surface area (Å²) < 4.78 is 10.5. The van der Waals surface area contributed by atoms with Crippen molar-refractivity contribution in [1.29, 1.82) is 0 Å². The van der Waals surface area contributed by atoms with E-state index in [9.17, 15) is 14.4 Å². The van der Waals surface area contributed by atoms with Crippen molar-refractivity contribution in [2.75, 3.05) is 37.0 Å². The van der Waals surface area contributed by atoms with E-state index >= 15 is 0 Å². The van der Waals surface area contributed by atoms with Gasteiger partial charge >= 0.3 is 11.7 Å². The van der Waals surface area contributed by atoms with Crippen LogP contribution in [0.25, 0.3) is 11.0 Å². The van der Waals surface area contributed by atoms with E-state index in [4.69, 9.17) is 9.15 Å². The highest BCUT2D eigenvalue weighted by Gasteiger charge is 2.32. The van der Waals surface area contributed by atoms with Crippen molar-refractivity contribution in [3.8, 4) is 5.75 Å². The van der Waals surface area contributed by atoms with Crippen LogP contribution in [0.4, 0.5) is 16.2 Å². The van der Waals surface area contributed by atoms with Gasteiger partial charge in [0.2, 0.25) is 5.91 Å². The third-order valence-corrected chi connectivity index (χ3v) is 4.72. The molecule has 1 aliphatic rings. The summed E-state index contributed by atoms with van der Waals surface area (Å²) in [5.74, 6) is 0.115. The second kappa shape index (κ2) is 7.67. The van der Waals surface area contributed by atoms with Crippen molar-refractivity contribution >= 4 is 34.3 Å². The molecule has 0 saturated carbocycles. The Bertz CT molecular complexity index is 1140. The molecule has 2 heterocycles. The van der Waals surface area contributed by atoms with Crippen LogP contribution in [0.2, 0.25) is 0 Å². The number of methoxy groups -OCH3 is 1. The summed E-state index contributed by atoms with van der Waals surface area (Å²) in [7, 11) is 1.54. The van der Waals surface area contributed by atoms with E-state index in [2.05, 4.69) is 5.32 Å². The lowest BCUT2D eigenvalue weighted by molar-refractivity contribution is -0.116. The largest absolute Gasteiger partial charge is 0.495 e. The quantitative estimate of drug-likeness (QED) is 0.673. The molecule has 1 aliphatic heterocycles. The van der Waals surface area contributed by atoms with Crippen LogP contribution in [0, 0.1) is 0 Å². The van der Waals surface area contributed by atoms with Gasteiger partial charge in [0.1, 0.15) is 23.6 Å². The molecule has 8 heteroatoms. The normalized spacial score (nSPS) is 13.8. The van der Waals surface area contributed by atoms with Crippen molar-refractivity contribution in [3.05, 3.63) is 65.0 Å². The zero-order chi connectivity index (χ0) is 20.4. The van der Waals surface area contributed by atoms with Crippen LogP contribution in [0.1, 0.15) is 0 Å². The molecular formula is C21H19N3O5. The molecule has 29 heavy (non-hydrogen) atoms. The second-order valence-electron chi connectivity index (χ2n) is 6.56. The minimum Gasteiger partial charge on any atom is -0.495 e. The Hall–Kier alpha value is -3.81. The number of benzene rings is 2. The Kier molecular flexibility index (Phi) is 4.90. The van der Waals surface area contributed by atoms with Gasteiger partial charge in [0.25, 0.3) is 0 Å². The zero-order valence-electron chi connectivity index (χ0n) is 15.8. The molecule has 3 amide bonds. The lowest BCUT2D eigenvalue weighted by atomic mass is 10.2. The van der Waals surface area contributed by atoms with Gasteiger partial charge in [-0.15, -0.1) is 0 Å². The van der Waals surface area contributed by atoms with Gasteiger partial charge in [0.05, 0.1) is 12.8 Å². The van der Waals surface area contributed by atoms with Gasteiger partial charge in [-0.25, -0.2) is 9.59 Å². The van der Waals surface area contributed by atoms with Crippen molar-refractivity contribution in [2.24, 2.45) is 0 Å². The number of fused-ring (bicyclic) bond motifs is 1. The van der Waals surface area contributed by atoms with Crippen molar-refractivity contribution < 1.29 is 18.7 Å². The van der Waals surface area contributed by atoms with E-state index in [1.54, 1.807) is 48.4 Å². The molecule has 0 aliphatic carbocycles. The molecule has 2 aromatic carbocycles. The lowest BCUT2D eigenvalue weighted by Crippen LogP contribution is -2.37. The van der Waals surface area contributed by atoms with Crippen LogP contribution in [-0.4, -0.2) is 43.6 Å². The first-order valence-electron chi connectivity index (χ1n) is 9.09. The predicted octanol–water partition coefficient (Wildman–Crippen LogP) is 2.68. The lowest BCUT2D eigenvalue weighted by Gasteiger charge is -2.20. The number of anilines is 2. The Balaban J connectivity index is 1.46. The fourth-order valence-electron chi connectivity index (χ4n) is 3.32. The van der Waals surface area contributed by atoms with Gasteiger partial charge in [-0.1, -0.05) is 30.3 Å². The molecule has 1 fully saturated rings. The smallest absolute Gasteiger partial charge is 0.360 e. The number of nitrogens with zero attached hydrogens (tertiary/aromatic N) is 2. The highest BCUT2D eigenvalue weighted by Crippen LogP contribution is 2.30. The monoisotopic (exact) mass is 393 g/mol. The average molecular weight is 393 g/mol. The summed E-state index contributed by atoms with van der Waals surface area (Å²) in [5.41, 5.74) is 0.498. The third-order valence-electron chi connectivity index (χ3n) is 4.72. The number of rotatable bonds is 5. The number of urea groups is 1. The fourth-order valence-corrected chi connectivity index (χ4v) is 3.32. The molecule has 0 bridgehead atoms. The standard InChI is InChI=1S/C21H19N3O5/c1-28-18-9-5-3-7-16(18)24-11-10-23(21(24)27)13-19(25)22-15-12-14-6-2-4-8-17(14)29-20(15)26/h2-9,12H,10-11,13H2,1H3,(H,22,25). The van der Waals surface area contributed by atoms with Crippen LogP contribution in [0.15, 0.2) is 63.8 Å². The number of carbonyl (C=O) groups is 2. The van der Waals surface area contributed by atoms with Crippen LogP contribution in [0.5, 0.6) is 5.75 Å². The molecule has 1 N–H and O–H groups in total. The topological polar surface area (TPSA) is 92.1 Å². The fraction of sp³-hybridized carbons (Fsp3) is 0.190. The van der Waals surface area contributed by atoms with E-state index in [1.807, 2.05) is 18.2 Å². The van der Waals surface area contributed by atoms with Crippen molar-refractivity contribution in [3.63, 3.8) is 0 Å². The molecule has 0 radical (unpaired) electrons. The van der Waals surface area contributed by atoms with Gasteiger partial charge < -0.3 is 19.4 Å². The molecule has 3 aromatic rings. The summed E-state index contributed by atoms with van der Waals surface area (Å²) in [5, 5.41) is 3.24. The molecule has 0 atom stereocenters. The SMILES string of the molecule is COc1ccccc1N1CCN(CC(=O)Nc2cc3ccccc3oc2=O)C1=O. The highest BCUT2D eigenvalue weighted by atomic mass is 16.5. The Morgan fingerprint density at radius 2 is 1.86 bits per heavy atom. The number of nitrogens with one attached hydrogen (secondary N) is 1. The van der Waals surface area contributed by atoms with Gasteiger partial charge in [0.15, 0.2) is 0 Å². The minimum atomic E-state index is -0.638. The first-order valence-corrected chi connectivity index (χ1v) is 9.09. The molecule has 0 spiro atoms. The molecule has 8 nitrogen and oxygen atoms in total. The summed E-state index contributed by atoms with van der Waals surface area (Å²) in [6, 6.07) is 15.5. The molecule has 148 valence electrons. The number of carbonyl (C=O) groups excluding carboxylic acids is 2. The molecule has 1 saturated heterocycles. The first-order chi connectivity index (χ1) is 14.1. The maximum atomic E-state index is 12.7. The number of hydrogen-bond donors (Lipinski definition) is 1. The van der Waals surface area contributed by atoms with E-state index < -0.39 is 11.5 Å². The summed E-state index contributed by atoms with van der Waals surface area (Å²) in [4.78, 5) is 40.3. The van der Waals surface area contributed by atoms with E-state index in [0.717, 1.165) is 0 Å². The number of ether oxygens (including phenoxy) is 1. The predicted molar refractivity (Wildman–Crippen MR) is 108 cm³/mol.